The van der Waals surface area contributed by atoms with Gasteiger partial charge in [0, 0.05) is 25.0 Å². The van der Waals surface area contributed by atoms with E-state index in [0.29, 0.717) is 18.9 Å². The van der Waals surface area contributed by atoms with Gasteiger partial charge in [-0.25, -0.2) is 5.01 Å². The van der Waals surface area contributed by atoms with Crippen LogP contribution >= 0.6 is 0 Å². The molecule has 0 saturated carbocycles. The number of amides is 1. The smallest absolute Gasteiger partial charge is 0.238 e. The van der Waals surface area contributed by atoms with E-state index < -0.39 is 0 Å². The molecule has 88 valence electrons. The first kappa shape index (κ1) is 12.5. The van der Waals surface area contributed by atoms with Gasteiger partial charge in [-0.05, 0) is 19.8 Å². The predicted octanol–water partition coefficient (Wildman–Crippen LogP) is 0.829. The van der Waals surface area contributed by atoms with Gasteiger partial charge in [-0.1, -0.05) is 13.8 Å². The van der Waals surface area contributed by atoms with E-state index in [1.165, 1.54) is 0 Å². The molecule has 2 N–H and O–H groups in total. The summed E-state index contributed by atoms with van der Waals surface area (Å²) in [6, 6.07) is 0. The van der Waals surface area contributed by atoms with E-state index in [1.54, 1.807) is 0 Å². The van der Waals surface area contributed by atoms with Crippen molar-refractivity contribution in [3.63, 3.8) is 0 Å². The zero-order chi connectivity index (χ0) is 11.6. The monoisotopic (exact) mass is 213 g/mol. The highest BCUT2D eigenvalue weighted by Gasteiger charge is 2.32. The fraction of sp³-hybridized carbons (Fsp3) is 0.909. The third-order valence-corrected chi connectivity index (χ3v) is 2.35. The van der Waals surface area contributed by atoms with Gasteiger partial charge in [-0.2, -0.15) is 0 Å². The summed E-state index contributed by atoms with van der Waals surface area (Å²) in [5, 5.41) is 3.95. The van der Waals surface area contributed by atoms with E-state index in [-0.39, 0.29) is 11.4 Å². The number of rotatable bonds is 4. The molecule has 0 aromatic heterocycles. The lowest BCUT2D eigenvalue weighted by molar-refractivity contribution is -0.139. The van der Waals surface area contributed by atoms with Crippen molar-refractivity contribution in [2.45, 2.75) is 39.7 Å². The Morgan fingerprint density at radius 2 is 2.07 bits per heavy atom. The van der Waals surface area contributed by atoms with Crippen LogP contribution in [0.3, 0.4) is 0 Å². The fourth-order valence-electron chi connectivity index (χ4n) is 1.82. The van der Waals surface area contributed by atoms with Crippen molar-refractivity contribution in [1.29, 1.82) is 0 Å². The summed E-state index contributed by atoms with van der Waals surface area (Å²) in [4.78, 5) is 11.7. The third-order valence-electron chi connectivity index (χ3n) is 2.35. The van der Waals surface area contributed by atoms with E-state index in [9.17, 15) is 4.79 Å². The van der Waals surface area contributed by atoms with Gasteiger partial charge in [0.25, 0.3) is 0 Å². The molecule has 1 fully saturated rings. The Balaban J connectivity index is 2.61. The number of hydrogen-bond acceptors (Lipinski definition) is 3. The summed E-state index contributed by atoms with van der Waals surface area (Å²) in [5.74, 6) is 0.772. The minimum Gasteiger partial charge on any atom is -0.324 e. The highest BCUT2D eigenvalue weighted by molar-refractivity contribution is 5.77. The molecule has 0 aliphatic carbocycles. The molecule has 4 nitrogen and oxygen atoms in total. The molecule has 0 radical (unpaired) electrons. The molecule has 1 rings (SSSR count). The number of hydrazine groups is 1. The van der Waals surface area contributed by atoms with Crippen LogP contribution in [0.25, 0.3) is 0 Å². The first-order valence-corrected chi connectivity index (χ1v) is 5.64. The molecule has 0 atom stereocenters. The molecule has 1 saturated heterocycles. The molecule has 4 heteroatoms. The maximum absolute atomic E-state index is 11.7. The van der Waals surface area contributed by atoms with Gasteiger partial charge >= 0.3 is 0 Å². The van der Waals surface area contributed by atoms with Gasteiger partial charge in [-0.15, -0.1) is 0 Å². The standard InChI is InChI=1S/C11H23N3O/c1-9(2)7-13-6-5-10(15)14(13)8-11(3,4)12/h9H,5-8,12H2,1-4H3. The molecule has 1 aliphatic rings. The van der Waals surface area contributed by atoms with Crippen LogP contribution in [0, 0.1) is 5.92 Å². The van der Waals surface area contributed by atoms with Crippen LogP contribution in [0.15, 0.2) is 0 Å². The van der Waals surface area contributed by atoms with E-state index in [0.717, 1.165) is 13.1 Å². The average Bonchev–Trinajstić information content (AvgIpc) is 2.32. The normalized spacial score (nSPS) is 19.3. The van der Waals surface area contributed by atoms with E-state index >= 15 is 0 Å². The molecule has 1 amide bonds. The summed E-state index contributed by atoms with van der Waals surface area (Å²) in [5.41, 5.74) is 5.63. The first-order valence-electron chi connectivity index (χ1n) is 5.64. The van der Waals surface area contributed by atoms with Crippen LogP contribution in [0.1, 0.15) is 34.1 Å². The Bertz CT molecular complexity index is 232. The van der Waals surface area contributed by atoms with Crippen molar-refractivity contribution < 1.29 is 4.79 Å². The lowest BCUT2D eigenvalue weighted by Gasteiger charge is -2.34. The van der Waals surface area contributed by atoms with Crippen molar-refractivity contribution in [2.24, 2.45) is 11.7 Å². The Morgan fingerprint density at radius 3 is 2.53 bits per heavy atom. The van der Waals surface area contributed by atoms with E-state index in [1.807, 2.05) is 18.9 Å². The topological polar surface area (TPSA) is 49.6 Å². The molecule has 1 heterocycles. The number of hydrogen-bond donors (Lipinski definition) is 1. The van der Waals surface area contributed by atoms with Gasteiger partial charge in [0.05, 0.1) is 6.54 Å². The minimum atomic E-state index is -0.324. The first-order chi connectivity index (χ1) is 6.79. The largest absolute Gasteiger partial charge is 0.324 e. The number of carbonyl (C=O) groups excluding carboxylic acids is 1. The quantitative estimate of drug-likeness (QED) is 0.752. The Hall–Kier alpha value is -0.610. The highest BCUT2D eigenvalue weighted by Crippen LogP contribution is 2.16. The zero-order valence-electron chi connectivity index (χ0n) is 10.3. The maximum Gasteiger partial charge on any atom is 0.238 e. The Morgan fingerprint density at radius 1 is 1.47 bits per heavy atom. The molecule has 0 spiro atoms. The van der Waals surface area contributed by atoms with Crippen molar-refractivity contribution in [1.82, 2.24) is 10.0 Å². The predicted molar refractivity (Wildman–Crippen MR) is 61.0 cm³/mol. The van der Waals surface area contributed by atoms with Crippen LogP contribution in [-0.2, 0) is 4.79 Å². The second-order valence-corrected chi connectivity index (χ2v) is 5.50. The van der Waals surface area contributed by atoms with Crippen LogP contribution in [0.4, 0.5) is 0 Å². The lowest BCUT2D eigenvalue weighted by Crippen LogP contribution is -2.51. The molecule has 0 aromatic rings. The van der Waals surface area contributed by atoms with Crippen molar-refractivity contribution >= 4 is 5.91 Å². The number of nitrogens with zero attached hydrogens (tertiary/aromatic N) is 2. The van der Waals surface area contributed by atoms with Gasteiger partial charge in [0.1, 0.15) is 0 Å². The summed E-state index contributed by atoms with van der Waals surface area (Å²) >= 11 is 0. The van der Waals surface area contributed by atoms with Gasteiger partial charge in [0.15, 0.2) is 0 Å². The molecule has 0 bridgehead atoms. The molecule has 1 aliphatic heterocycles. The van der Waals surface area contributed by atoms with Crippen LogP contribution < -0.4 is 5.73 Å². The van der Waals surface area contributed by atoms with E-state index in [4.69, 9.17) is 5.73 Å². The summed E-state index contributed by atoms with van der Waals surface area (Å²) in [6.45, 7) is 10.6. The molecule has 15 heavy (non-hydrogen) atoms. The van der Waals surface area contributed by atoms with Gasteiger partial charge in [-0.3, -0.25) is 9.80 Å². The zero-order valence-corrected chi connectivity index (χ0v) is 10.3. The summed E-state index contributed by atoms with van der Waals surface area (Å²) in [7, 11) is 0. The Labute approximate surface area is 92.4 Å². The average molecular weight is 213 g/mol. The van der Waals surface area contributed by atoms with Gasteiger partial charge in [0.2, 0.25) is 5.91 Å². The Kier molecular flexibility index (Phi) is 3.73. The van der Waals surface area contributed by atoms with Crippen LogP contribution in [-0.4, -0.2) is 41.1 Å². The third kappa shape index (κ3) is 3.80. The summed E-state index contributed by atoms with van der Waals surface area (Å²) < 4.78 is 0. The molecular weight excluding hydrogens is 190 g/mol. The molecular formula is C11H23N3O. The molecule has 0 aromatic carbocycles. The lowest BCUT2D eigenvalue weighted by atomic mass is 10.1. The van der Waals surface area contributed by atoms with E-state index in [2.05, 4.69) is 18.9 Å². The molecule has 0 unspecified atom stereocenters. The van der Waals surface area contributed by atoms with Crippen molar-refractivity contribution in [3.8, 4) is 0 Å². The fourth-order valence-corrected chi connectivity index (χ4v) is 1.82. The minimum absolute atomic E-state index is 0.203. The van der Waals surface area contributed by atoms with Crippen molar-refractivity contribution in [3.05, 3.63) is 0 Å². The van der Waals surface area contributed by atoms with Gasteiger partial charge < -0.3 is 5.73 Å². The second kappa shape index (κ2) is 4.49. The van der Waals surface area contributed by atoms with Crippen LogP contribution in [0.5, 0.6) is 0 Å². The van der Waals surface area contributed by atoms with Crippen molar-refractivity contribution in [2.75, 3.05) is 19.6 Å². The second-order valence-electron chi connectivity index (χ2n) is 5.50. The number of nitrogens with two attached hydrogens (primary N) is 1. The summed E-state index contributed by atoms with van der Waals surface area (Å²) in [6.07, 6.45) is 0.628. The SMILES string of the molecule is CC(C)CN1CCC(=O)N1CC(C)(C)N. The number of carbonyl (C=O) groups is 1. The van der Waals surface area contributed by atoms with Crippen LogP contribution in [0.2, 0.25) is 0 Å². The maximum atomic E-state index is 11.7. The highest BCUT2D eigenvalue weighted by atomic mass is 16.2.